The number of halogens is 3. The number of unbranched alkanes of at least 4 members (excludes halogenated alkanes) is 5. The Morgan fingerprint density at radius 2 is 1.14 bits per heavy atom. The minimum absolute atomic E-state index is 1.11. The van der Waals surface area contributed by atoms with Crippen molar-refractivity contribution in [3.8, 4) is 33.6 Å². The van der Waals surface area contributed by atoms with E-state index in [1.807, 2.05) is 0 Å². The number of hydrogen-bond acceptors (Lipinski definition) is 3. The Kier molecular flexibility index (Phi) is 9.90. The van der Waals surface area contributed by atoms with Gasteiger partial charge >= 0.3 is 5.51 Å². The molecule has 6 rings (SSSR count). The van der Waals surface area contributed by atoms with Gasteiger partial charge in [0.2, 0.25) is 11.4 Å². The lowest BCUT2D eigenvalue weighted by Crippen LogP contribution is -2.43. The molecule has 1 aromatic heterocycles. The van der Waals surface area contributed by atoms with Gasteiger partial charge in [-0.3, -0.25) is 0 Å². The largest absolute Gasteiger partial charge is 0.741 e. The molecule has 8 heteroatoms. The van der Waals surface area contributed by atoms with Crippen molar-refractivity contribution in [1.82, 2.24) is 0 Å². The number of rotatable bonds is 8. The van der Waals surface area contributed by atoms with Crippen LogP contribution in [0.1, 0.15) is 67.7 Å². The Balaban J connectivity index is 0.000000426. The molecule has 1 heterocycles. The Labute approximate surface area is 258 Å². The van der Waals surface area contributed by atoms with Crippen molar-refractivity contribution in [1.29, 1.82) is 0 Å². The lowest BCUT2D eigenvalue weighted by Gasteiger charge is -2.28. The van der Waals surface area contributed by atoms with E-state index in [0.29, 0.717) is 0 Å². The van der Waals surface area contributed by atoms with Crippen LogP contribution in [0.4, 0.5) is 13.2 Å². The van der Waals surface area contributed by atoms with E-state index in [1.54, 1.807) is 11.1 Å². The molecule has 0 N–H and O–H groups in total. The van der Waals surface area contributed by atoms with Crippen LogP contribution < -0.4 is 4.57 Å². The zero-order chi connectivity index (χ0) is 31.3. The summed E-state index contributed by atoms with van der Waals surface area (Å²) in [6.45, 7) is 3.41. The predicted octanol–water partition coefficient (Wildman–Crippen LogP) is 8.58. The second-order valence-electron chi connectivity index (χ2n) is 11.5. The van der Waals surface area contributed by atoms with Crippen LogP contribution in [0.15, 0.2) is 78.9 Å². The van der Waals surface area contributed by atoms with Gasteiger partial charge < -0.3 is 4.55 Å². The van der Waals surface area contributed by atoms with E-state index in [4.69, 9.17) is 13.0 Å². The summed E-state index contributed by atoms with van der Waals surface area (Å²) in [6.07, 6.45) is 12.5. The first kappa shape index (κ1) is 31.9. The second-order valence-corrected chi connectivity index (χ2v) is 12.9. The highest BCUT2D eigenvalue weighted by molar-refractivity contribution is 7.86. The van der Waals surface area contributed by atoms with Crippen LogP contribution in [-0.4, -0.2) is 18.5 Å². The number of nitrogens with zero attached hydrogens (tertiary/aromatic N) is 1. The summed E-state index contributed by atoms with van der Waals surface area (Å²) >= 11 is 0. The molecule has 0 spiro atoms. The topological polar surface area (TPSA) is 61.1 Å². The fourth-order valence-electron chi connectivity index (χ4n) is 6.64. The standard InChI is InChI=1S/C35H38N.CHF3O3S/c1-2-3-4-5-6-14-25-36-34-29-19-12-10-15-26(29)21-23-31(34)33(28-17-8-7-9-18-28)32-24-22-27-16-11-13-20-30(27)35(32)36;2-1(3,4)8(5,6)7/h7-13,15-20H,2-6,14,21-25H2,1H3;(H,5,6,7)/q+1;/p-1. The summed E-state index contributed by atoms with van der Waals surface area (Å²) in [5.41, 5.74) is 9.29. The first-order valence-corrected chi connectivity index (χ1v) is 16.9. The number of fused-ring (bicyclic) bond motifs is 6. The van der Waals surface area contributed by atoms with E-state index in [2.05, 4.69) is 90.4 Å². The molecule has 44 heavy (non-hydrogen) atoms. The Morgan fingerprint density at radius 1 is 0.682 bits per heavy atom. The van der Waals surface area contributed by atoms with Crippen LogP contribution in [0.3, 0.4) is 0 Å². The first-order chi connectivity index (χ1) is 21.1. The molecule has 0 amide bonds. The molecule has 0 aliphatic heterocycles. The average Bonchev–Trinajstić information content (AvgIpc) is 3.01. The number of aryl methyl sites for hydroxylation is 2. The lowest BCUT2D eigenvalue weighted by molar-refractivity contribution is -0.676. The minimum atomic E-state index is -6.09. The molecule has 0 fully saturated rings. The van der Waals surface area contributed by atoms with Crippen LogP contribution in [0.2, 0.25) is 0 Å². The molecular weight excluding hydrogens is 583 g/mol. The maximum atomic E-state index is 10.7. The van der Waals surface area contributed by atoms with Gasteiger partial charge in [0.05, 0.1) is 0 Å². The summed E-state index contributed by atoms with van der Waals surface area (Å²) in [6, 6.07) is 29.6. The van der Waals surface area contributed by atoms with E-state index in [9.17, 15) is 13.2 Å². The molecular formula is C36H38F3NO3S. The monoisotopic (exact) mass is 621 g/mol. The van der Waals surface area contributed by atoms with Crippen molar-refractivity contribution in [3.63, 3.8) is 0 Å². The van der Waals surface area contributed by atoms with Gasteiger partial charge in [0.15, 0.2) is 10.1 Å². The fraction of sp³-hybridized carbons (Fsp3) is 0.361. The zero-order valence-corrected chi connectivity index (χ0v) is 25.8. The van der Waals surface area contributed by atoms with Gasteiger partial charge in [0.25, 0.3) is 0 Å². The maximum Gasteiger partial charge on any atom is 0.485 e. The molecule has 0 radical (unpaired) electrons. The lowest BCUT2D eigenvalue weighted by atomic mass is 9.77. The number of alkyl halides is 3. The molecule has 0 bridgehead atoms. The minimum Gasteiger partial charge on any atom is -0.741 e. The van der Waals surface area contributed by atoms with Gasteiger partial charge in [0, 0.05) is 34.2 Å². The second kappa shape index (κ2) is 13.7. The van der Waals surface area contributed by atoms with Crippen LogP contribution in [0.25, 0.3) is 33.6 Å². The highest BCUT2D eigenvalue weighted by Gasteiger charge is 2.38. The highest BCUT2D eigenvalue weighted by atomic mass is 32.2. The molecule has 4 nitrogen and oxygen atoms in total. The van der Waals surface area contributed by atoms with Gasteiger partial charge in [-0.2, -0.15) is 17.7 Å². The van der Waals surface area contributed by atoms with Gasteiger partial charge in [-0.25, -0.2) is 8.42 Å². The van der Waals surface area contributed by atoms with Gasteiger partial charge in [0.1, 0.15) is 6.54 Å². The Morgan fingerprint density at radius 3 is 1.64 bits per heavy atom. The SMILES string of the molecule is CCCCCCCC[n+]1c2c(c(-c3ccccc3)c3c1-c1ccccc1CC3)CCc1ccccc1-2.O=S(=O)([O-])C(F)(F)F. The fourth-order valence-corrected chi connectivity index (χ4v) is 6.64. The average molecular weight is 622 g/mol. The van der Waals surface area contributed by atoms with Crippen molar-refractivity contribution >= 4 is 10.1 Å². The van der Waals surface area contributed by atoms with Crippen molar-refractivity contribution < 1.29 is 30.7 Å². The van der Waals surface area contributed by atoms with Gasteiger partial charge in [-0.1, -0.05) is 99.3 Å². The smallest absolute Gasteiger partial charge is 0.485 e. The van der Waals surface area contributed by atoms with E-state index < -0.39 is 15.6 Å². The van der Waals surface area contributed by atoms with E-state index in [-0.39, 0.29) is 0 Å². The van der Waals surface area contributed by atoms with Crippen LogP contribution in [0, 0.1) is 0 Å². The number of aromatic nitrogens is 1. The van der Waals surface area contributed by atoms with Crippen LogP contribution >= 0.6 is 0 Å². The number of benzene rings is 3. The van der Waals surface area contributed by atoms with Crippen LogP contribution in [-0.2, 0) is 42.3 Å². The summed E-state index contributed by atoms with van der Waals surface area (Å²) in [7, 11) is -6.09. The molecule has 0 atom stereocenters. The van der Waals surface area contributed by atoms with Crippen molar-refractivity contribution in [2.75, 3.05) is 0 Å². The molecule has 0 unspecified atom stereocenters. The molecule has 2 aliphatic rings. The third-order valence-electron chi connectivity index (χ3n) is 8.63. The summed E-state index contributed by atoms with van der Waals surface area (Å²) < 4.78 is 61.7. The third-order valence-corrected chi connectivity index (χ3v) is 9.20. The zero-order valence-electron chi connectivity index (χ0n) is 25.0. The molecule has 3 aromatic carbocycles. The van der Waals surface area contributed by atoms with E-state index in [0.717, 1.165) is 32.2 Å². The molecule has 232 valence electrons. The van der Waals surface area contributed by atoms with Crippen molar-refractivity contribution in [3.05, 3.63) is 101 Å². The van der Waals surface area contributed by atoms with Crippen molar-refractivity contribution in [2.24, 2.45) is 0 Å². The third kappa shape index (κ3) is 6.76. The summed E-state index contributed by atoms with van der Waals surface area (Å²) in [5.74, 6) is 0. The molecule has 0 saturated carbocycles. The van der Waals surface area contributed by atoms with Crippen LogP contribution in [0.5, 0.6) is 0 Å². The number of hydrogen-bond donors (Lipinski definition) is 0. The number of pyridine rings is 1. The van der Waals surface area contributed by atoms with Crippen molar-refractivity contribution in [2.45, 2.75) is 83.2 Å². The normalized spacial score (nSPS) is 13.6. The van der Waals surface area contributed by atoms with Gasteiger partial charge in [-0.15, -0.1) is 0 Å². The molecule has 2 aliphatic carbocycles. The Hall–Kier alpha value is -3.49. The van der Waals surface area contributed by atoms with E-state index >= 15 is 0 Å². The molecule has 0 saturated heterocycles. The predicted molar refractivity (Wildman–Crippen MR) is 167 cm³/mol. The molecule has 4 aromatic rings. The van der Waals surface area contributed by atoms with Gasteiger partial charge in [-0.05, 0) is 60.9 Å². The first-order valence-electron chi connectivity index (χ1n) is 15.5. The quantitative estimate of drug-likeness (QED) is 0.0857. The Bertz CT molecular complexity index is 1640. The van der Waals surface area contributed by atoms with E-state index in [1.165, 1.54) is 83.3 Å². The summed E-state index contributed by atoms with van der Waals surface area (Å²) in [5, 5.41) is 0. The maximum absolute atomic E-state index is 10.7. The highest BCUT2D eigenvalue weighted by Crippen LogP contribution is 2.44. The summed E-state index contributed by atoms with van der Waals surface area (Å²) in [4.78, 5) is 0.